The number of likely N-dealkylation sites (N-methyl/N-ethyl adjacent to an activating group) is 1. The van der Waals surface area contributed by atoms with Crippen molar-refractivity contribution in [1.82, 2.24) is 4.90 Å². The van der Waals surface area contributed by atoms with E-state index < -0.39 is 0 Å². The largest absolute Gasteiger partial charge is 0.395 e. The minimum Gasteiger partial charge on any atom is -0.395 e. The Morgan fingerprint density at radius 2 is 2.19 bits per heavy atom. The third-order valence-corrected chi connectivity index (χ3v) is 3.73. The second-order valence-electron chi connectivity index (χ2n) is 5.45. The molecule has 1 saturated carbocycles. The van der Waals surface area contributed by atoms with Crippen molar-refractivity contribution in [1.29, 1.82) is 0 Å². The van der Waals surface area contributed by atoms with E-state index in [9.17, 15) is 4.79 Å². The summed E-state index contributed by atoms with van der Waals surface area (Å²) in [4.78, 5) is 14.4. The zero-order valence-corrected chi connectivity index (χ0v) is 10.8. The summed E-state index contributed by atoms with van der Waals surface area (Å²) in [6.45, 7) is 8.78. The molecule has 16 heavy (non-hydrogen) atoms. The van der Waals surface area contributed by atoms with Gasteiger partial charge in [-0.15, -0.1) is 0 Å². The van der Waals surface area contributed by atoms with Crippen LogP contribution in [0.3, 0.4) is 0 Å². The minimum absolute atomic E-state index is 0.137. The topological polar surface area (TPSA) is 40.5 Å². The predicted molar refractivity (Wildman–Crippen MR) is 65.3 cm³/mol. The van der Waals surface area contributed by atoms with Crippen molar-refractivity contribution in [2.75, 3.05) is 26.2 Å². The van der Waals surface area contributed by atoms with Gasteiger partial charge in [0, 0.05) is 24.4 Å². The highest BCUT2D eigenvalue weighted by Gasteiger charge is 2.37. The molecule has 0 aromatic heterocycles. The molecule has 0 aromatic rings. The van der Waals surface area contributed by atoms with Crippen molar-refractivity contribution >= 4 is 5.78 Å². The summed E-state index contributed by atoms with van der Waals surface area (Å²) in [5.74, 6) is 0.588. The van der Waals surface area contributed by atoms with Gasteiger partial charge in [-0.1, -0.05) is 27.2 Å². The standard InChI is InChI=1S/C13H25NO2/c1-4-14(8-9-15)10-11-6-5-7-13(2,3)12(11)16/h11,15H,4-10H2,1-3H3. The van der Waals surface area contributed by atoms with Crippen molar-refractivity contribution < 1.29 is 9.90 Å². The number of carbonyl (C=O) groups is 1. The Hall–Kier alpha value is -0.410. The first-order valence-electron chi connectivity index (χ1n) is 6.38. The van der Waals surface area contributed by atoms with Crippen molar-refractivity contribution in [3.05, 3.63) is 0 Å². The normalized spacial score (nSPS) is 25.1. The smallest absolute Gasteiger partial charge is 0.142 e. The first kappa shape index (κ1) is 13.7. The van der Waals surface area contributed by atoms with Crippen LogP contribution in [-0.4, -0.2) is 42.0 Å². The maximum absolute atomic E-state index is 12.2. The van der Waals surface area contributed by atoms with Gasteiger partial charge in [-0.2, -0.15) is 0 Å². The fourth-order valence-electron chi connectivity index (χ4n) is 2.60. The molecule has 1 rings (SSSR count). The molecule has 3 nitrogen and oxygen atoms in total. The zero-order chi connectivity index (χ0) is 12.2. The molecule has 1 N–H and O–H groups in total. The number of hydrogen-bond acceptors (Lipinski definition) is 3. The van der Waals surface area contributed by atoms with E-state index in [1.165, 1.54) is 0 Å². The molecular formula is C13H25NO2. The second-order valence-corrected chi connectivity index (χ2v) is 5.45. The number of hydrogen-bond donors (Lipinski definition) is 1. The molecule has 3 heteroatoms. The summed E-state index contributed by atoms with van der Waals surface area (Å²) in [5, 5.41) is 8.94. The Morgan fingerprint density at radius 1 is 1.50 bits per heavy atom. The summed E-state index contributed by atoms with van der Waals surface area (Å²) in [6, 6.07) is 0. The molecular weight excluding hydrogens is 202 g/mol. The van der Waals surface area contributed by atoms with Crippen LogP contribution in [0.1, 0.15) is 40.0 Å². The monoisotopic (exact) mass is 227 g/mol. The highest BCUT2D eigenvalue weighted by atomic mass is 16.3. The lowest BCUT2D eigenvalue weighted by Crippen LogP contribution is -2.42. The van der Waals surface area contributed by atoms with Crippen molar-refractivity contribution in [2.45, 2.75) is 40.0 Å². The quantitative estimate of drug-likeness (QED) is 0.777. The molecule has 1 fully saturated rings. The summed E-state index contributed by atoms with van der Waals surface area (Å²) in [5.41, 5.74) is -0.137. The molecule has 0 aliphatic heterocycles. The van der Waals surface area contributed by atoms with E-state index in [1.54, 1.807) is 0 Å². The van der Waals surface area contributed by atoms with E-state index in [0.29, 0.717) is 12.3 Å². The van der Waals surface area contributed by atoms with Gasteiger partial charge in [0.15, 0.2) is 0 Å². The minimum atomic E-state index is -0.137. The summed E-state index contributed by atoms with van der Waals surface area (Å²) in [6.07, 6.45) is 3.19. The fourth-order valence-corrected chi connectivity index (χ4v) is 2.60. The Labute approximate surface area is 98.8 Å². The van der Waals surface area contributed by atoms with Crippen LogP contribution in [0.5, 0.6) is 0 Å². The maximum Gasteiger partial charge on any atom is 0.142 e. The van der Waals surface area contributed by atoms with E-state index in [0.717, 1.165) is 32.4 Å². The first-order chi connectivity index (χ1) is 7.51. The highest BCUT2D eigenvalue weighted by molar-refractivity contribution is 5.87. The van der Waals surface area contributed by atoms with E-state index in [2.05, 4.69) is 25.7 Å². The lowest BCUT2D eigenvalue weighted by molar-refractivity contribution is -0.135. The molecule has 0 radical (unpaired) electrons. The lowest BCUT2D eigenvalue weighted by atomic mass is 9.71. The third kappa shape index (κ3) is 3.29. The lowest BCUT2D eigenvalue weighted by Gasteiger charge is -2.36. The molecule has 0 heterocycles. The van der Waals surface area contributed by atoms with Gasteiger partial charge < -0.3 is 10.0 Å². The molecule has 0 amide bonds. The molecule has 1 atom stereocenters. The van der Waals surface area contributed by atoms with Crippen molar-refractivity contribution in [3.8, 4) is 0 Å². The van der Waals surface area contributed by atoms with Crippen LogP contribution >= 0.6 is 0 Å². The van der Waals surface area contributed by atoms with Crippen molar-refractivity contribution in [3.63, 3.8) is 0 Å². The molecule has 1 aliphatic rings. The van der Waals surface area contributed by atoms with Gasteiger partial charge >= 0.3 is 0 Å². The molecule has 1 aliphatic carbocycles. The Kier molecular flexibility index (Phi) is 4.93. The molecule has 0 saturated heterocycles. The number of ketones is 1. The highest BCUT2D eigenvalue weighted by Crippen LogP contribution is 2.35. The van der Waals surface area contributed by atoms with Crippen LogP contribution in [0.25, 0.3) is 0 Å². The number of aliphatic hydroxyl groups excluding tert-OH is 1. The zero-order valence-electron chi connectivity index (χ0n) is 10.8. The van der Waals surface area contributed by atoms with Crippen LogP contribution in [0, 0.1) is 11.3 Å². The van der Waals surface area contributed by atoms with Crippen LogP contribution in [0.2, 0.25) is 0 Å². The van der Waals surface area contributed by atoms with Gasteiger partial charge in [0.1, 0.15) is 5.78 Å². The average Bonchev–Trinajstić information content (AvgIpc) is 2.24. The molecule has 94 valence electrons. The summed E-state index contributed by atoms with van der Waals surface area (Å²) >= 11 is 0. The van der Waals surface area contributed by atoms with Gasteiger partial charge in [0.25, 0.3) is 0 Å². The Morgan fingerprint density at radius 3 is 2.75 bits per heavy atom. The molecule has 0 bridgehead atoms. The van der Waals surface area contributed by atoms with Gasteiger partial charge in [0.05, 0.1) is 6.61 Å². The van der Waals surface area contributed by atoms with E-state index in [1.807, 2.05) is 0 Å². The molecule has 0 spiro atoms. The second kappa shape index (κ2) is 5.78. The van der Waals surface area contributed by atoms with Gasteiger partial charge in [-0.25, -0.2) is 0 Å². The number of aliphatic hydroxyl groups is 1. The molecule has 1 unspecified atom stereocenters. The van der Waals surface area contributed by atoms with E-state index in [4.69, 9.17) is 5.11 Å². The van der Waals surface area contributed by atoms with E-state index in [-0.39, 0.29) is 17.9 Å². The summed E-state index contributed by atoms with van der Waals surface area (Å²) < 4.78 is 0. The number of Topliss-reactive ketones (excluding diaryl/α,β-unsaturated/α-hetero) is 1. The first-order valence-corrected chi connectivity index (χ1v) is 6.38. The van der Waals surface area contributed by atoms with E-state index >= 15 is 0 Å². The maximum atomic E-state index is 12.2. The summed E-state index contributed by atoms with van der Waals surface area (Å²) in [7, 11) is 0. The number of carbonyl (C=O) groups excluding carboxylic acids is 1. The van der Waals surface area contributed by atoms with Crippen LogP contribution in [-0.2, 0) is 4.79 Å². The van der Waals surface area contributed by atoms with Gasteiger partial charge in [-0.05, 0) is 19.4 Å². The number of nitrogens with zero attached hydrogens (tertiary/aromatic N) is 1. The Bertz CT molecular complexity index is 238. The predicted octanol–water partition coefficient (Wildman–Crippen LogP) is 1.70. The molecule has 0 aromatic carbocycles. The van der Waals surface area contributed by atoms with Gasteiger partial charge in [-0.3, -0.25) is 4.79 Å². The third-order valence-electron chi connectivity index (χ3n) is 3.73. The SMILES string of the molecule is CCN(CCO)CC1CCCC(C)(C)C1=O. The van der Waals surface area contributed by atoms with Gasteiger partial charge in [0.2, 0.25) is 0 Å². The van der Waals surface area contributed by atoms with Crippen LogP contribution in [0.4, 0.5) is 0 Å². The van der Waals surface area contributed by atoms with Crippen molar-refractivity contribution in [2.24, 2.45) is 11.3 Å². The Balaban J connectivity index is 2.55. The fraction of sp³-hybridized carbons (Fsp3) is 0.923. The number of rotatable bonds is 5. The van der Waals surface area contributed by atoms with Crippen LogP contribution in [0.15, 0.2) is 0 Å². The average molecular weight is 227 g/mol. The van der Waals surface area contributed by atoms with Crippen LogP contribution < -0.4 is 0 Å².